The fourth-order valence-corrected chi connectivity index (χ4v) is 2.26. The molecule has 2 aromatic rings. The maximum Gasteiger partial charge on any atom is 0.490 e. The number of hydrogen-bond acceptors (Lipinski definition) is 6. The lowest BCUT2D eigenvalue weighted by molar-refractivity contribution is -0.192. The molecule has 0 aliphatic heterocycles. The van der Waals surface area contributed by atoms with Crippen LogP contribution in [0.1, 0.15) is 25.0 Å². The third-order valence-electron chi connectivity index (χ3n) is 4.31. The molecule has 0 saturated carbocycles. The Balaban J connectivity index is 0.000000956. The van der Waals surface area contributed by atoms with Gasteiger partial charge in [0.15, 0.2) is 5.82 Å². The molecule has 39 heavy (non-hydrogen) atoms. The molecule has 1 aromatic heterocycles. The van der Waals surface area contributed by atoms with Crippen molar-refractivity contribution in [2.45, 2.75) is 38.4 Å². The van der Waals surface area contributed by atoms with Crippen LogP contribution < -0.4 is 16.6 Å². The molecule has 0 radical (unpaired) electrons. The topological polar surface area (TPSA) is 152 Å². The molecule has 0 unspecified atom stereocenters. The number of nitrogens with zero attached hydrogens (tertiary/aromatic N) is 3. The molecule has 0 aliphatic carbocycles. The Hall–Kier alpha value is -4.16. The van der Waals surface area contributed by atoms with Gasteiger partial charge in [0.05, 0.1) is 17.2 Å². The average molecular weight is 578 g/mol. The predicted molar refractivity (Wildman–Crippen MR) is 114 cm³/mol. The molecule has 216 valence electrons. The summed E-state index contributed by atoms with van der Waals surface area (Å²) in [6.45, 7) is 3.41. The van der Waals surface area contributed by atoms with Crippen LogP contribution >= 0.6 is 0 Å². The van der Waals surface area contributed by atoms with Gasteiger partial charge in [-0.1, -0.05) is 13.8 Å². The molecule has 0 bridgehead atoms. The summed E-state index contributed by atoms with van der Waals surface area (Å²) in [7, 11) is 0. The molecule has 19 heteroatoms. The van der Waals surface area contributed by atoms with E-state index in [1.165, 1.54) is 0 Å². The van der Waals surface area contributed by atoms with E-state index < -0.39 is 64.9 Å². The molecule has 0 saturated heterocycles. The number of carboxylic acids is 1. The van der Waals surface area contributed by atoms with E-state index in [1.54, 1.807) is 13.8 Å². The molecule has 1 heterocycles. The van der Waals surface area contributed by atoms with Crippen molar-refractivity contribution in [3.05, 3.63) is 41.7 Å². The number of amides is 2. The lowest BCUT2D eigenvalue weighted by Crippen LogP contribution is -2.50. The Morgan fingerprint density at radius 2 is 1.44 bits per heavy atom. The van der Waals surface area contributed by atoms with Gasteiger partial charge in [0.1, 0.15) is 6.33 Å². The van der Waals surface area contributed by atoms with Gasteiger partial charge < -0.3 is 10.8 Å². The molecule has 2 amide bonds. The lowest BCUT2D eigenvalue weighted by Gasteiger charge is -2.14. The maximum absolute atomic E-state index is 13.0. The van der Waals surface area contributed by atoms with Crippen LogP contribution in [0.5, 0.6) is 0 Å². The quantitative estimate of drug-likeness (QED) is 0.242. The SMILES string of the molecule is CC(C)[C@H](N)C(=O)NNC(=O)C=Cn1cnc(-c2cc(C(F)(F)F)cc(C(F)(F)F)c2)n1.O=C(O)C(F)(F)F. The van der Waals surface area contributed by atoms with Gasteiger partial charge in [0.2, 0.25) is 0 Å². The van der Waals surface area contributed by atoms with Crippen LogP contribution in [0.3, 0.4) is 0 Å². The van der Waals surface area contributed by atoms with Crippen LogP contribution in [-0.2, 0) is 26.7 Å². The first-order valence-corrected chi connectivity index (χ1v) is 10.2. The minimum absolute atomic E-state index is 0.00971. The van der Waals surface area contributed by atoms with Crippen molar-refractivity contribution in [3.63, 3.8) is 0 Å². The number of rotatable bonds is 5. The number of aromatic nitrogens is 3. The largest absolute Gasteiger partial charge is 0.490 e. The first kappa shape index (κ1) is 32.9. The number of carbonyl (C=O) groups is 3. The Kier molecular flexibility index (Phi) is 10.6. The summed E-state index contributed by atoms with van der Waals surface area (Å²) in [6.07, 6.45) is -12.2. The Morgan fingerprint density at radius 1 is 0.949 bits per heavy atom. The zero-order chi connectivity index (χ0) is 30.3. The van der Waals surface area contributed by atoms with Gasteiger partial charge in [-0.3, -0.25) is 20.4 Å². The molecule has 0 spiro atoms. The fraction of sp³-hybridized carbons (Fsp3) is 0.350. The van der Waals surface area contributed by atoms with Gasteiger partial charge in [-0.05, 0) is 24.1 Å². The van der Waals surface area contributed by atoms with E-state index in [2.05, 4.69) is 20.9 Å². The van der Waals surface area contributed by atoms with Crippen LogP contribution in [0.15, 0.2) is 30.6 Å². The van der Waals surface area contributed by atoms with Crippen molar-refractivity contribution in [2.24, 2.45) is 11.7 Å². The maximum atomic E-state index is 13.0. The summed E-state index contributed by atoms with van der Waals surface area (Å²) in [5.74, 6) is -4.79. The van der Waals surface area contributed by atoms with Gasteiger partial charge in [-0.2, -0.15) is 39.5 Å². The monoisotopic (exact) mass is 578 g/mol. The number of hydrazine groups is 1. The van der Waals surface area contributed by atoms with Gasteiger partial charge in [-0.15, -0.1) is 5.10 Å². The summed E-state index contributed by atoms with van der Waals surface area (Å²) in [5.41, 5.74) is 6.22. The van der Waals surface area contributed by atoms with E-state index in [-0.39, 0.29) is 12.0 Å². The highest BCUT2D eigenvalue weighted by Gasteiger charge is 2.38. The Bertz CT molecular complexity index is 1170. The van der Waals surface area contributed by atoms with E-state index in [0.29, 0.717) is 12.1 Å². The average Bonchev–Trinajstić information content (AvgIpc) is 3.28. The smallest absolute Gasteiger partial charge is 0.475 e. The van der Waals surface area contributed by atoms with Crippen molar-refractivity contribution < 1.29 is 59.0 Å². The summed E-state index contributed by atoms with van der Waals surface area (Å²) in [5, 5.41) is 10.9. The van der Waals surface area contributed by atoms with Gasteiger partial charge >= 0.3 is 24.5 Å². The van der Waals surface area contributed by atoms with E-state index >= 15 is 0 Å². The molecule has 0 aliphatic rings. The minimum atomic E-state index is -5.08. The standard InChI is InChI=1S/C18H18F6N6O2.C2HF3O2/c1-9(2)14(25)16(32)28-27-13(31)3-4-30-8-26-15(29-30)10-5-11(17(19,20)21)7-12(6-10)18(22,23)24;3-2(4,5)1(6)7/h3-9,14H,25H2,1-2H3,(H,27,31)(H,28,32);(H,6,7)/t14-;/m0./s1. The van der Waals surface area contributed by atoms with Crippen molar-refractivity contribution in [3.8, 4) is 11.4 Å². The van der Waals surface area contributed by atoms with Crippen LogP contribution in [0, 0.1) is 5.92 Å². The summed E-state index contributed by atoms with van der Waals surface area (Å²) in [4.78, 5) is 36.0. The summed E-state index contributed by atoms with van der Waals surface area (Å²) >= 11 is 0. The predicted octanol–water partition coefficient (Wildman–Crippen LogP) is 3.22. The number of nitrogens with one attached hydrogen (secondary N) is 2. The molecule has 2 rings (SSSR count). The number of carboxylic acid groups (broad SMARTS) is 1. The van der Waals surface area contributed by atoms with Crippen LogP contribution in [0.2, 0.25) is 0 Å². The molecule has 5 N–H and O–H groups in total. The van der Waals surface area contributed by atoms with E-state index in [4.69, 9.17) is 15.6 Å². The second-order valence-corrected chi connectivity index (χ2v) is 7.71. The van der Waals surface area contributed by atoms with Crippen molar-refractivity contribution in [2.75, 3.05) is 0 Å². The zero-order valence-electron chi connectivity index (χ0n) is 19.6. The van der Waals surface area contributed by atoms with Crippen LogP contribution in [0.25, 0.3) is 17.6 Å². The fourth-order valence-electron chi connectivity index (χ4n) is 2.26. The second kappa shape index (κ2) is 12.6. The van der Waals surface area contributed by atoms with Crippen LogP contribution in [0.4, 0.5) is 39.5 Å². The normalized spacial score (nSPS) is 13.1. The first-order valence-electron chi connectivity index (χ1n) is 10.2. The van der Waals surface area contributed by atoms with Gasteiger partial charge in [0.25, 0.3) is 11.8 Å². The highest BCUT2D eigenvalue weighted by atomic mass is 19.4. The first-order chi connectivity index (χ1) is 17.6. The molecule has 1 atom stereocenters. The summed E-state index contributed by atoms with van der Waals surface area (Å²) < 4.78 is 111. The lowest BCUT2D eigenvalue weighted by atomic mass is 10.0. The minimum Gasteiger partial charge on any atom is -0.475 e. The molecule has 1 aromatic carbocycles. The Morgan fingerprint density at radius 3 is 1.85 bits per heavy atom. The third kappa shape index (κ3) is 10.6. The number of benzene rings is 1. The van der Waals surface area contributed by atoms with Crippen molar-refractivity contribution >= 4 is 24.0 Å². The number of aliphatic carboxylic acids is 1. The van der Waals surface area contributed by atoms with Crippen LogP contribution in [-0.4, -0.2) is 49.9 Å². The van der Waals surface area contributed by atoms with Crippen molar-refractivity contribution in [1.29, 1.82) is 0 Å². The zero-order valence-corrected chi connectivity index (χ0v) is 19.6. The number of halogens is 9. The summed E-state index contributed by atoms with van der Waals surface area (Å²) in [6, 6.07) is 0.105. The molecule has 0 fully saturated rings. The van der Waals surface area contributed by atoms with E-state index in [9.17, 15) is 49.1 Å². The number of alkyl halides is 9. The molecule has 10 nitrogen and oxygen atoms in total. The number of nitrogens with two attached hydrogens (primary N) is 1. The highest BCUT2D eigenvalue weighted by molar-refractivity contribution is 5.92. The number of hydrogen-bond donors (Lipinski definition) is 4. The van der Waals surface area contributed by atoms with E-state index in [0.717, 1.165) is 23.3 Å². The second-order valence-electron chi connectivity index (χ2n) is 7.71. The molecular formula is C20H19F9N6O4. The van der Waals surface area contributed by atoms with Gasteiger partial charge in [0, 0.05) is 17.8 Å². The highest BCUT2D eigenvalue weighted by Crippen LogP contribution is 2.38. The molecular weight excluding hydrogens is 559 g/mol. The third-order valence-corrected chi connectivity index (χ3v) is 4.31. The Labute approximate surface area is 212 Å². The van der Waals surface area contributed by atoms with E-state index in [1.807, 2.05) is 0 Å². The number of carbonyl (C=O) groups excluding carboxylic acids is 2. The van der Waals surface area contributed by atoms with Crippen molar-refractivity contribution in [1.82, 2.24) is 25.6 Å². The van der Waals surface area contributed by atoms with Gasteiger partial charge in [-0.25, -0.2) is 14.5 Å².